The average Bonchev–Trinajstić information content (AvgIpc) is 3.46. The first-order chi connectivity index (χ1) is 15.3. The molecule has 1 saturated heterocycles. The third-order valence-electron chi connectivity index (χ3n) is 7.48. The molecule has 1 aromatic rings. The average molecular weight is 476 g/mol. The Balaban J connectivity index is 1.14. The van der Waals surface area contributed by atoms with E-state index in [9.17, 15) is 19.2 Å². The molecule has 2 bridgehead atoms. The van der Waals surface area contributed by atoms with E-state index >= 15 is 0 Å². The summed E-state index contributed by atoms with van der Waals surface area (Å²) in [6, 6.07) is 4.38. The van der Waals surface area contributed by atoms with Crippen molar-refractivity contribution in [2.45, 2.75) is 38.1 Å². The van der Waals surface area contributed by atoms with Gasteiger partial charge in [-0.15, -0.1) is 0 Å². The molecule has 3 fully saturated rings. The van der Waals surface area contributed by atoms with Crippen LogP contribution >= 0.6 is 23.2 Å². The number of likely N-dealkylation sites (tertiary alicyclic amines) is 1. The highest BCUT2D eigenvalue weighted by Gasteiger charge is 2.60. The van der Waals surface area contributed by atoms with E-state index in [-0.39, 0.29) is 64.6 Å². The van der Waals surface area contributed by atoms with E-state index in [0.717, 1.165) is 6.42 Å². The van der Waals surface area contributed by atoms with Gasteiger partial charge in [-0.3, -0.25) is 24.1 Å². The Bertz CT molecular complexity index is 999. The maximum absolute atomic E-state index is 13.0. The number of ketones is 1. The molecule has 1 heterocycles. The van der Waals surface area contributed by atoms with Gasteiger partial charge in [-0.25, -0.2) is 0 Å². The molecule has 0 spiro atoms. The lowest BCUT2D eigenvalue weighted by atomic mass is 9.85. The molecule has 0 N–H and O–H groups in total. The maximum Gasteiger partial charge on any atom is 0.309 e. The van der Waals surface area contributed by atoms with Crippen LogP contribution in [0.3, 0.4) is 0 Å². The number of Topliss-reactive ketones (excluding diaryl/α,β-unsaturated/α-hetero) is 1. The molecular weight excluding hydrogens is 453 g/mol. The zero-order valence-corrected chi connectivity index (χ0v) is 18.8. The van der Waals surface area contributed by atoms with Crippen molar-refractivity contribution in [3.05, 3.63) is 46.0 Å². The van der Waals surface area contributed by atoms with E-state index in [1.54, 1.807) is 6.07 Å². The zero-order chi connectivity index (χ0) is 22.6. The van der Waals surface area contributed by atoms with Crippen LogP contribution in [0.5, 0.6) is 0 Å². The summed E-state index contributed by atoms with van der Waals surface area (Å²) in [4.78, 5) is 52.3. The summed E-state index contributed by atoms with van der Waals surface area (Å²) in [6.07, 6.45) is 7.30. The van der Waals surface area contributed by atoms with Crippen LogP contribution in [0.25, 0.3) is 0 Å². The molecule has 3 aliphatic carbocycles. The first-order valence-corrected chi connectivity index (χ1v) is 11.8. The van der Waals surface area contributed by atoms with Crippen molar-refractivity contribution in [1.29, 1.82) is 0 Å². The van der Waals surface area contributed by atoms with Gasteiger partial charge in [-0.1, -0.05) is 35.4 Å². The number of allylic oxidation sites excluding steroid dienone is 2. The number of amides is 2. The minimum Gasteiger partial charge on any atom is -0.457 e. The monoisotopic (exact) mass is 475 g/mol. The van der Waals surface area contributed by atoms with Gasteiger partial charge in [0, 0.05) is 16.6 Å². The van der Waals surface area contributed by atoms with Crippen LogP contribution in [-0.2, 0) is 19.1 Å². The molecule has 0 aromatic heterocycles. The molecule has 8 heteroatoms. The Hall–Kier alpha value is -2.18. The second-order valence-corrected chi connectivity index (χ2v) is 10.1. The van der Waals surface area contributed by atoms with Crippen molar-refractivity contribution in [2.24, 2.45) is 29.6 Å². The zero-order valence-electron chi connectivity index (χ0n) is 17.3. The van der Waals surface area contributed by atoms with Crippen molar-refractivity contribution < 1.29 is 23.9 Å². The molecule has 0 radical (unpaired) electrons. The Morgan fingerprint density at radius 2 is 1.59 bits per heavy atom. The number of esters is 1. The fraction of sp³-hybridized carbons (Fsp3) is 0.500. The fourth-order valence-electron chi connectivity index (χ4n) is 5.90. The van der Waals surface area contributed by atoms with E-state index in [4.69, 9.17) is 27.9 Å². The number of hydrogen-bond acceptors (Lipinski definition) is 5. The van der Waals surface area contributed by atoms with Crippen molar-refractivity contribution in [1.82, 2.24) is 4.90 Å². The summed E-state index contributed by atoms with van der Waals surface area (Å²) in [5, 5.41) is 0.634. The number of nitrogens with zero attached hydrogens (tertiary/aromatic N) is 1. The van der Waals surface area contributed by atoms with Crippen LogP contribution in [0.2, 0.25) is 10.0 Å². The van der Waals surface area contributed by atoms with Crippen LogP contribution in [0.15, 0.2) is 30.4 Å². The quantitative estimate of drug-likeness (QED) is 0.277. The minimum atomic E-state index is -0.430. The van der Waals surface area contributed by atoms with Crippen molar-refractivity contribution >= 4 is 46.8 Å². The Morgan fingerprint density at radius 1 is 0.969 bits per heavy atom. The van der Waals surface area contributed by atoms with E-state index in [1.165, 1.54) is 17.0 Å². The van der Waals surface area contributed by atoms with Gasteiger partial charge in [-0.05, 0) is 62.1 Å². The molecule has 4 aliphatic rings. The molecule has 0 unspecified atom stereocenters. The van der Waals surface area contributed by atoms with Crippen LogP contribution in [0.4, 0.5) is 0 Å². The summed E-state index contributed by atoms with van der Waals surface area (Å²) in [5.74, 6) is -1.21. The van der Waals surface area contributed by atoms with Gasteiger partial charge in [-0.2, -0.15) is 0 Å². The summed E-state index contributed by atoms with van der Waals surface area (Å²) < 4.78 is 5.25. The highest BCUT2D eigenvalue weighted by Crippen LogP contribution is 2.53. The number of hydrogen-bond donors (Lipinski definition) is 0. The number of rotatable bonds is 5. The second-order valence-electron chi connectivity index (χ2n) is 9.21. The molecule has 1 aliphatic heterocycles. The topological polar surface area (TPSA) is 80.8 Å². The third-order valence-corrected chi connectivity index (χ3v) is 8.02. The maximum atomic E-state index is 13.0. The first-order valence-electron chi connectivity index (χ1n) is 11.0. The smallest absolute Gasteiger partial charge is 0.309 e. The predicted molar refractivity (Wildman–Crippen MR) is 117 cm³/mol. The lowest BCUT2D eigenvalue weighted by molar-refractivity contribution is -0.149. The second kappa shape index (κ2) is 8.31. The van der Waals surface area contributed by atoms with Gasteiger partial charge >= 0.3 is 5.97 Å². The standard InChI is InChI=1S/C24H23Cl2NO5/c25-15-5-8-17(18(26)10-15)19(28)11-32-24(31)12-3-6-16(7-4-12)27-22(29)20-13-1-2-14(9-13)21(20)23(27)30/h1-2,5,8,10,12-14,16,20-21H,3-4,6-7,9,11H2/t12?,13-,14+,16?,20+,21-. The predicted octanol–water partition coefficient (Wildman–Crippen LogP) is 4.09. The molecule has 1 aromatic carbocycles. The lowest BCUT2D eigenvalue weighted by Gasteiger charge is -2.33. The number of halogens is 2. The normalized spacial score (nSPS) is 33.0. The number of ether oxygens (including phenoxy) is 1. The summed E-state index contributed by atoms with van der Waals surface area (Å²) in [7, 11) is 0. The Morgan fingerprint density at radius 3 is 2.19 bits per heavy atom. The van der Waals surface area contributed by atoms with E-state index in [2.05, 4.69) is 12.2 Å². The molecule has 32 heavy (non-hydrogen) atoms. The number of fused-ring (bicyclic) bond motifs is 5. The third kappa shape index (κ3) is 3.57. The van der Waals surface area contributed by atoms with Crippen LogP contribution < -0.4 is 0 Å². The van der Waals surface area contributed by atoms with E-state index < -0.39 is 11.8 Å². The number of carbonyl (C=O) groups excluding carboxylic acids is 4. The molecule has 6 nitrogen and oxygen atoms in total. The number of benzene rings is 1. The highest BCUT2D eigenvalue weighted by molar-refractivity contribution is 6.36. The van der Waals surface area contributed by atoms with Gasteiger partial charge in [0.05, 0.1) is 22.8 Å². The van der Waals surface area contributed by atoms with Gasteiger partial charge in [0.2, 0.25) is 17.6 Å². The van der Waals surface area contributed by atoms with Gasteiger partial charge in [0.15, 0.2) is 6.61 Å². The van der Waals surface area contributed by atoms with Crippen LogP contribution in [0, 0.1) is 29.6 Å². The SMILES string of the molecule is O=C(COC(=O)C1CCC(N2C(=O)[C@@H]3[C@H](C2=O)[C@H]2C=C[C@@H]3C2)CC1)c1ccc(Cl)cc1Cl. The van der Waals surface area contributed by atoms with E-state index in [1.807, 2.05) is 0 Å². The number of imide groups is 1. The van der Waals surface area contributed by atoms with Gasteiger partial charge in [0.1, 0.15) is 0 Å². The van der Waals surface area contributed by atoms with Crippen molar-refractivity contribution in [3.8, 4) is 0 Å². The van der Waals surface area contributed by atoms with Gasteiger partial charge < -0.3 is 4.74 Å². The molecule has 2 amide bonds. The molecule has 5 rings (SSSR count). The van der Waals surface area contributed by atoms with Crippen LogP contribution in [-0.4, -0.2) is 41.1 Å². The molecule has 4 atom stereocenters. The van der Waals surface area contributed by atoms with Crippen molar-refractivity contribution in [3.63, 3.8) is 0 Å². The summed E-state index contributed by atoms with van der Waals surface area (Å²) in [5.41, 5.74) is 0.257. The number of carbonyl (C=O) groups is 4. The fourth-order valence-corrected chi connectivity index (χ4v) is 6.42. The lowest BCUT2D eigenvalue weighted by Crippen LogP contribution is -2.44. The van der Waals surface area contributed by atoms with Gasteiger partial charge in [0.25, 0.3) is 0 Å². The van der Waals surface area contributed by atoms with Crippen LogP contribution in [0.1, 0.15) is 42.5 Å². The van der Waals surface area contributed by atoms with Crippen molar-refractivity contribution in [2.75, 3.05) is 6.61 Å². The largest absolute Gasteiger partial charge is 0.457 e. The molecule has 2 saturated carbocycles. The summed E-state index contributed by atoms with van der Waals surface area (Å²) >= 11 is 11.9. The van der Waals surface area contributed by atoms with E-state index in [0.29, 0.717) is 30.7 Å². The first kappa shape index (κ1) is 21.7. The Kier molecular flexibility index (Phi) is 5.62. The molecule has 168 valence electrons. The summed E-state index contributed by atoms with van der Waals surface area (Å²) in [6.45, 7) is -0.387. The highest BCUT2D eigenvalue weighted by atomic mass is 35.5. The Labute approximate surface area is 195 Å². The minimum absolute atomic E-state index is 0.0340. The molecular formula is C24H23Cl2NO5.